The Bertz CT molecular complexity index is 542. The van der Waals surface area contributed by atoms with Crippen molar-refractivity contribution in [3.05, 3.63) is 24.0 Å². The highest BCUT2D eigenvalue weighted by Gasteiger charge is 2.58. The molecule has 5 rings (SSSR count). The van der Waals surface area contributed by atoms with Crippen molar-refractivity contribution in [3.8, 4) is 5.75 Å². The summed E-state index contributed by atoms with van der Waals surface area (Å²) in [5, 5.41) is 11.1. The third-order valence-corrected chi connectivity index (χ3v) is 6.26. The van der Waals surface area contributed by atoms with Crippen LogP contribution in [0, 0.1) is 22.7 Å². The molecule has 4 fully saturated rings. The van der Waals surface area contributed by atoms with Crippen molar-refractivity contribution in [2.75, 3.05) is 7.11 Å². The van der Waals surface area contributed by atoms with Gasteiger partial charge in [0.25, 0.3) is 0 Å². The topological polar surface area (TPSA) is 42.4 Å². The number of aromatic nitrogens is 1. The number of pyridine rings is 1. The normalized spacial score (nSPS) is 42.0. The van der Waals surface area contributed by atoms with Crippen molar-refractivity contribution in [1.29, 1.82) is 0 Å². The van der Waals surface area contributed by atoms with Crippen molar-refractivity contribution in [2.24, 2.45) is 22.7 Å². The van der Waals surface area contributed by atoms with Crippen LogP contribution in [0.15, 0.2) is 18.5 Å². The Kier molecular flexibility index (Phi) is 2.88. The summed E-state index contributed by atoms with van der Waals surface area (Å²) in [5.74, 6) is 2.39. The molecular formula is C18H25NO2. The van der Waals surface area contributed by atoms with Gasteiger partial charge in [-0.2, -0.15) is 0 Å². The Morgan fingerprint density at radius 3 is 2.57 bits per heavy atom. The lowest BCUT2D eigenvalue weighted by atomic mass is 9.43. The van der Waals surface area contributed by atoms with Gasteiger partial charge >= 0.3 is 0 Å². The Labute approximate surface area is 126 Å². The predicted molar refractivity (Wildman–Crippen MR) is 81.0 cm³/mol. The van der Waals surface area contributed by atoms with Crippen molar-refractivity contribution in [2.45, 2.75) is 51.6 Å². The molecule has 1 aromatic heterocycles. The lowest BCUT2D eigenvalue weighted by molar-refractivity contribution is -0.155. The predicted octanol–water partition coefficient (Wildman–Crippen LogP) is 3.73. The number of aliphatic hydroxyl groups excluding tert-OH is 1. The van der Waals surface area contributed by atoms with E-state index in [2.05, 4.69) is 11.9 Å². The van der Waals surface area contributed by atoms with E-state index in [-0.39, 0.29) is 5.41 Å². The van der Waals surface area contributed by atoms with Gasteiger partial charge in [-0.15, -0.1) is 0 Å². The third-order valence-electron chi connectivity index (χ3n) is 6.26. The van der Waals surface area contributed by atoms with E-state index in [4.69, 9.17) is 4.74 Å². The summed E-state index contributed by atoms with van der Waals surface area (Å²) in [6.07, 6.45) is 10.8. The fourth-order valence-electron chi connectivity index (χ4n) is 6.17. The summed E-state index contributed by atoms with van der Waals surface area (Å²) in [6.45, 7) is 2.44. The number of aliphatic hydroxyl groups is 1. The highest BCUT2D eigenvalue weighted by atomic mass is 16.5. The summed E-state index contributed by atoms with van der Waals surface area (Å²) in [7, 11) is 1.65. The monoisotopic (exact) mass is 287 g/mol. The van der Waals surface area contributed by atoms with Crippen LogP contribution in [-0.2, 0) is 0 Å². The van der Waals surface area contributed by atoms with E-state index in [1.54, 1.807) is 13.3 Å². The van der Waals surface area contributed by atoms with Crippen LogP contribution in [0.3, 0.4) is 0 Å². The van der Waals surface area contributed by atoms with Crippen LogP contribution in [0.25, 0.3) is 0 Å². The summed E-state index contributed by atoms with van der Waals surface area (Å²) in [6, 6.07) is 1.96. The molecule has 21 heavy (non-hydrogen) atoms. The van der Waals surface area contributed by atoms with Crippen molar-refractivity contribution in [1.82, 2.24) is 4.98 Å². The van der Waals surface area contributed by atoms with Crippen molar-refractivity contribution >= 4 is 0 Å². The highest BCUT2D eigenvalue weighted by molar-refractivity contribution is 5.27. The highest BCUT2D eigenvalue weighted by Crippen LogP contribution is 2.68. The van der Waals surface area contributed by atoms with Crippen LogP contribution in [0.5, 0.6) is 5.75 Å². The number of rotatable bonds is 3. The zero-order valence-electron chi connectivity index (χ0n) is 13.0. The van der Waals surface area contributed by atoms with Gasteiger partial charge in [0, 0.05) is 17.2 Å². The molecule has 0 aromatic carbocycles. The van der Waals surface area contributed by atoms with Crippen molar-refractivity contribution < 1.29 is 9.84 Å². The summed E-state index contributed by atoms with van der Waals surface area (Å²) in [4.78, 5) is 4.24. The van der Waals surface area contributed by atoms with E-state index in [1.165, 1.54) is 38.5 Å². The fourth-order valence-corrected chi connectivity index (χ4v) is 6.17. The molecule has 4 saturated carbocycles. The first-order valence-electron chi connectivity index (χ1n) is 8.19. The van der Waals surface area contributed by atoms with Crippen LogP contribution in [0.1, 0.15) is 57.1 Å². The van der Waals surface area contributed by atoms with E-state index >= 15 is 0 Å². The summed E-state index contributed by atoms with van der Waals surface area (Å²) in [5.41, 5.74) is 1.46. The van der Waals surface area contributed by atoms with Crippen molar-refractivity contribution in [3.63, 3.8) is 0 Å². The van der Waals surface area contributed by atoms with E-state index in [9.17, 15) is 5.11 Å². The molecule has 0 aliphatic heterocycles. The maximum Gasteiger partial charge on any atom is 0.137 e. The fraction of sp³-hybridized carbons (Fsp3) is 0.722. The van der Waals surface area contributed by atoms with Crippen LogP contribution in [0.2, 0.25) is 0 Å². The molecule has 3 atom stereocenters. The maximum absolute atomic E-state index is 11.1. The molecule has 4 bridgehead atoms. The van der Waals surface area contributed by atoms with E-state index in [0.29, 0.717) is 5.41 Å². The average Bonchev–Trinajstić information content (AvgIpc) is 2.44. The SMILES string of the molecule is COc1cncc(C(O)C23CC4CC(CC(C)(C4)C2)C3)c1. The Hall–Kier alpha value is -1.09. The largest absolute Gasteiger partial charge is 0.495 e. The molecule has 0 radical (unpaired) electrons. The first-order valence-corrected chi connectivity index (χ1v) is 8.19. The molecule has 0 spiro atoms. The minimum Gasteiger partial charge on any atom is -0.495 e. The van der Waals surface area contributed by atoms with Gasteiger partial charge in [0.2, 0.25) is 0 Å². The first-order chi connectivity index (χ1) is 10.0. The summed E-state index contributed by atoms with van der Waals surface area (Å²) < 4.78 is 5.27. The molecule has 0 saturated heterocycles. The van der Waals surface area contributed by atoms with Crippen LogP contribution < -0.4 is 4.74 Å². The van der Waals surface area contributed by atoms with E-state index < -0.39 is 6.10 Å². The zero-order valence-corrected chi connectivity index (χ0v) is 13.0. The van der Waals surface area contributed by atoms with Gasteiger partial charge in [0.1, 0.15) is 5.75 Å². The number of hydrogen-bond donors (Lipinski definition) is 1. The Morgan fingerprint density at radius 1 is 1.24 bits per heavy atom. The lowest BCUT2D eigenvalue weighted by Gasteiger charge is -2.62. The second-order valence-electron chi connectivity index (χ2n) is 8.19. The molecule has 1 N–H and O–H groups in total. The summed E-state index contributed by atoms with van der Waals surface area (Å²) >= 11 is 0. The average molecular weight is 287 g/mol. The van der Waals surface area contributed by atoms with Crippen LogP contribution in [-0.4, -0.2) is 17.2 Å². The molecule has 4 aliphatic rings. The quantitative estimate of drug-likeness (QED) is 0.921. The van der Waals surface area contributed by atoms with Gasteiger partial charge < -0.3 is 9.84 Å². The van der Waals surface area contributed by atoms with Gasteiger partial charge in [-0.25, -0.2) is 0 Å². The molecule has 3 unspecified atom stereocenters. The minimum atomic E-state index is -0.398. The Morgan fingerprint density at radius 2 is 1.95 bits per heavy atom. The third kappa shape index (κ3) is 2.09. The van der Waals surface area contributed by atoms with Gasteiger partial charge in [-0.1, -0.05) is 6.92 Å². The number of hydrogen-bond acceptors (Lipinski definition) is 3. The second-order valence-corrected chi connectivity index (χ2v) is 8.19. The number of ether oxygens (including phenoxy) is 1. The van der Waals surface area contributed by atoms with Gasteiger partial charge in [-0.3, -0.25) is 4.98 Å². The van der Waals surface area contributed by atoms with Gasteiger partial charge in [0.05, 0.1) is 19.4 Å². The lowest BCUT2D eigenvalue weighted by Crippen LogP contribution is -2.53. The maximum atomic E-state index is 11.1. The smallest absolute Gasteiger partial charge is 0.137 e. The minimum absolute atomic E-state index is 0.0763. The molecular weight excluding hydrogens is 262 g/mol. The zero-order chi connectivity index (χ0) is 14.7. The Balaban J connectivity index is 1.68. The number of methoxy groups -OCH3 is 1. The standard InChI is InChI=1S/C18H25NO2/c1-17-5-12-3-13(6-17)8-18(7-12,11-17)16(20)14-4-15(21-2)10-19-9-14/h4,9-10,12-13,16,20H,3,5-8,11H2,1-2H3. The number of nitrogens with zero attached hydrogens (tertiary/aromatic N) is 1. The molecule has 114 valence electrons. The van der Waals surface area contributed by atoms with E-state index in [1.807, 2.05) is 12.3 Å². The second kappa shape index (κ2) is 4.45. The molecule has 0 amide bonds. The van der Waals surface area contributed by atoms with Gasteiger partial charge in [-0.05, 0) is 61.8 Å². The molecule has 4 aliphatic carbocycles. The molecule has 1 heterocycles. The van der Waals surface area contributed by atoms with Gasteiger partial charge in [0.15, 0.2) is 0 Å². The first kappa shape index (κ1) is 13.6. The molecule has 3 nitrogen and oxygen atoms in total. The molecule has 3 heteroatoms. The van der Waals surface area contributed by atoms with E-state index in [0.717, 1.165) is 23.1 Å². The molecule has 1 aromatic rings. The van der Waals surface area contributed by atoms with Crippen LogP contribution >= 0.6 is 0 Å². The van der Waals surface area contributed by atoms with Crippen LogP contribution in [0.4, 0.5) is 0 Å².